The second-order valence-electron chi connectivity index (χ2n) is 8.32. The number of nitrogens with two attached hydrogens (primary N) is 1. The number of hydrazone groups is 1. The van der Waals surface area contributed by atoms with Crippen molar-refractivity contribution >= 4 is 42.2 Å². The maximum atomic E-state index is 13.0. The average Bonchev–Trinajstić information content (AvgIpc) is 3.16. The molecule has 2 aliphatic rings. The van der Waals surface area contributed by atoms with Crippen molar-refractivity contribution in [2.75, 3.05) is 12.0 Å². The Labute approximate surface area is 188 Å². The van der Waals surface area contributed by atoms with Gasteiger partial charge in [0.05, 0.1) is 5.69 Å². The van der Waals surface area contributed by atoms with Crippen molar-refractivity contribution in [1.82, 2.24) is 10.2 Å². The number of halogens is 1. The summed E-state index contributed by atoms with van der Waals surface area (Å²) in [5.74, 6) is 0.260. The molecule has 1 aliphatic heterocycles. The third-order valence-electron chi connectivity index (χ3n) is 5.99. The Morgan fingerprint density at radius 3 is 2.81 bits per heavy atom. The van der Waals surface area contributed by atoms with Crippen LogP contribution in [0.1, 0.15) is 50.5 Å². The second kappa shape index (κ2) is 11.2. The zero-order valence-corrected chi connectivity index (χ0v) is 18.5. The normalized spacial score (nSPS) is 21.9. The van der Waals surface area contributed by atoms with E-state index in [1.165, 1.54) is 25.6 Å². The molecule has 1 aliphatic carbocycles. The lowest BCUT2D eigenvalue weighted by Crippen LogP contribution is -2.46. The Kier molecular flexibility index (Phi) is 8.43. The van der Waals surface area contributed by atoms with Crippen LogP contribution in [0.3, 0.4) is 0 Å². The number of nitrogens with zero attached hydrogens (tertiary/aromatic N) is 3. The highest BCUT2D eigenvalue weighted by molar-refractivity contribution is 6.30. The number of likely N-dealkylation sites (tertiary alicyclic amines) is 1. The molecule has 2 unspecified atom stereocenters. The maximum Gasteiger partial charge on any atom is 0.243 e. The molecule has 2 atom stereocenters. The minimum absolute atomic E-state index is 0.0383. The first-order valence-electron chi connectivity index (χ1n) is 10.8. The third kappa shape index (κ3) is 6.51. The number of hydrogen-bond acceptors (Lipinski definition) is 5. The lowest BCUT2D eigenvalue weighted by Gasteiger charge is -2.27. The molecule has 31 heavy (non-hydrogen) atoms. The molecule has 1 aromatic rings. The molecule has 1 heterocycles. The number of hydrogen-bond donors (Lipinski definition) is 3. The van der Waals surface area contributed by atoms with Crippen LogP contribution in [0.25, 0.3) is 0 Å². The van der Waals surface area contributed by atoms with E-state index in [1.807, 2.05) is 0 Å². The summed E-state index contributed by atoms with van der Waals surface area (Å²) in [6.07, 6.45) is 8.07. The van der Waals surface area contributed by atoms with Crippen molar-refractivity contribution in [1.29, 1.82) is 0 Å². The summed E-state index contributed by atoms with van der Waals surface area (Å²) in [6.45, 7) is 4.01. The van der Waals surface area contributed by atoms with Gasteiger partial charge in [0.25, 0.3) is 0 Å². The SMILES string of the molecule is C=N/C=N\Nc1ccc(Cl)cc1CNC(=O)C1CC(N)CN1C(=O)CC1CCCCC1. The van der Waals surface area contributed by atoms with E-state index in [2.05, 4.69) is 27.6 Å². The monoisotopic (exact) mass is 446 g/mol. The van der Waals surface area contributed by atoms with Crippen LogP contribution in [-0.2, 0) is 16.1 Å². The van der Waals surface area contributed by atoms with Gasteiger partial charge in [0.2, 0.25) is 11.8 Å². The summed E-state index contributed by atoms with van der Waals surface area (Å²) < 4.78 is 0. The molecule has 3 rings (SSSR count). The van der Waals surface area contributed by atoms with Gasteiger partial charge in [-0.25, -0.2) is 0 Å². The highest BCUT2D eigenvalue weighted by Crippen LogP contribution is 2.28. The fourth-order valence-electron chi connectivity index (χ4n) is 4.41. The van der Waals surface area contributed by atoms with Crippen molar-refractivity contribution in [3.05, 3.63) is 28.8 Å². The van der Waals surface area contributed by atoms with E-state index < -0.39 is 6.04 Å². The van der Waals surface area contributed by atoms with Crippen molar-refractivity contribution < 1.29 is 9.59 Å². The fourth-order valence-corrected chi connectivity index (χ4v) is 4.60. The van der Waals surface area contributed by atoms with Gasteiger partial charge in [-0.05, 0) is 55.7 Å². The maximum absolute atomic E-state index is 13.0. The van der Waals surface area contributed by atoms with Crippen LogP contribution in [-0.4, -0.2) is 48.4 Å². The van der Waals surface area contributed by atoms with Crippen molar-refractivity contribution in [2.45, 2.75) is 63.6 Å². The van der Waals surface area contributed by atoms with Crippen LogP contribution in [0, 0.1) is 5.92 Å². The molecular formula is C22H31ClN6O2. The standard InChI is InChI=1S/C22H31ClN6O2/c1-25-14-27-28-19-8-7-17(23)10-16(19)12-26-22(31)20-11-18(24)13-29(20)21(30)9-15-5-3-2-4-6-15/h7-8,10,14-15,18,20,28H,1-6,9,11-13,24H2,(H,26,31)/b27-14-. The minimum Gasteiger partial charge on any atom is -0.350 e. The molecule has 1 aromatic carbocycles. The smallest absolute Gasteiger partial charge is 0.243 e. The van der Waals surface area contributed by atoms with Gasteiger partial charge in [-0.2, -0.15) is 5.10 Å². The highest BCUT2D eigenvalue weighted by atomic mass is 35.5. The topological polar surface area (TPSA) is 112 Å². The zero-order chi connectivity index (χ0) is 22.2. The van der Waals surface area contributed by atoms with Crippen molar-refractivity contribution in [2.24, 2.45) is 21.7 Å². The van der Waals surface area contributed by atoms with Gasteiger partial charge in [-0.1, -0.05) is 30.9 Å². The van der Waals surface area contributed by atoms with Gasteiger partial charge in [0, 0.05) is 30.6 Å². The molecule has 0 aromatic heterocycles. The summed E-state index contributed by atoms with van der Waals surface area (Å²) in [7, 11) is 0. The van der Waals surface area contributed by atoms with E-state index >= 15 is 0 Å². The molecule has 0 bridgehead atoms. The second-order valence-corrected chi connectivity index (χ2v) is 8.76. The first-order valence-corrected chi connectivity index (χ1v) is 11.2. The largest absolute Gasteiger partial charge is 0.350 e. The molecule has 0 radical (unpaired) electrons. The lowest BCUT2D eigenvalue weighted by molar-refractivity contribution is -0.139. The van der Waals surface area contributed by atoms with Gasteiger partial charge < -0.3 is 16.0 Å². The molecular weight excluding hydrogens is 416 g/mol. The molecule has 8 nitrogen and oxygen atoms in total. The summed E-state index contributed by atoms with van der Waals surface area (Å²) in [6, 6.07) is 4.54. The number of nitrogens with one attached hydrogen (secondary N) is 2. The van der Waals surface area contributed by atoms with Crippen LogP contribution in [0.2, 0.25) is 5.02 Å². The van der Waals surface area contributed by atoms with Gasteiger partial charge in [-0.3, -0.25) is 20.0 Å². The highest BCUT2D eigenvalue weighted by Gasteiger charge is 2.38. The van der Waals surface area contributed by atoms with Gasteiger partial charge in [0.1, 0.15) is 12.4 Å². The van der Waals surface area contributed by atoms with Crippen molar-refractivity contribution in [3.8, 4) is 0 Å². The summed E-state index contributed by atoms with van der Waals surface area (Å²) in [4.78, 5) is 31.1. The summed E-state index contributed by atoms with van der Waals surface area (Å²) in [5, 5.41) is 7.41. The van der Waals surface area contributed by atoms with Crippen LogP contribution < -0.4 is 16.5 Å². The van der Waals surface area contributed by atoms with E-state index in [9.17, 15) is 9.59 Å². The number of carbonyl (C=O) groups is 2. The number of aliphatic imine (C=N–C) groups is 1. The van der Waals surface area contributed by atoms with E-state index in [0.717, 1.165) is 18.4 Å². The Bertz CT molecular complexity index is 824. The zero-order valence-electron chi connectivity index (χ0n) is 17.7. The van der Waals surface area contributed by atoms with Crippen molar-refractivity contribution in [3.63, 3.8) is 0 Å². The number of rotatable bonds is 8. The quantitative estimate of drug-likeness (QED) is 0.323. The Hall–Kier alpha value is -2.45. The average molecular weight is 447 g/mol. The number of anilines is 1. The minimum atomic E-state index is -0.537. The lowest BCUT2D eigenvalue weighted by atomic mass is 9.86. The van der Waals surface area contributed by atoms with E-state index in [0.29, 0.717) is 36.0 Å². The number of amides is 2. The Morgan fingerprint density at radius 1 is 1.29 bits per heavy atom. The van der Waals surface area contributed by atoms with Gasteiger partial charge in [0.15, 0.2) is 0 Å². The van der Waals surface area contributed by atoms with E-state index in [-0.39, 0.29) is 24.4 Å². The predicted molar refractivity (Wildman–Crippen MR) is 124 cm³/mol. The Balaban J connectivity index is 1.62. The number of carbonyl (C=O) groups excluding carboxylic acids is 2. The van der Waals surface area contributed by atoms with Crippen LogP contribution in [0.5, 0.6) is 0 Å². The number of benzene rings is 1. The first kappa shape index (κ1) is 23.2. The van der Waals surface area contributed by atoms with E-state index in [1.54, 1.807) is 23.1 Å². The first-order chi connectivity index (χ1) is 15.0. The fraction of sp³-hybridized carbons (Fsp3) is 0.545. The van der Waals surface area contributed by atoms with Gasteiger partial charge >= 0.3 is 0 Å². The molecule has 2 amide bonds. The third-order valence-corrected chi connectivity index (χ3v) is 6.22. The molecule has 168 valence electrons. The van der Waals surface area contributed by atoms with Gasteiger partial charge in [-0.15, -0.1) is 0 Å². The molecule has 0 spiro atoms. The Morgan fingerprint density at radius 2 is 2.06 bits per heavy atom. The van der Waals surface area contributed by atoms with E-state index in [4.69, 9.17) is 17.3 Å². The summed E-state index contributed by atoms with van der Waals surface area (Å²) in [5.41, 5.74) is 10.4. The summed E-state index contributed by atoms with van der Waals surface area (Å²) >= 11 is 6.12. The molecule has 4 N–H and O–H groups in total. The predicted octanol–water partition coefficient (Wildman–Crippen LogP) is 2.91. The molecule has 1 saturated heterocycles. The van der Waals surface area contributed by atoms with Crippen LogP contribution in [0.15, 0.2) is 28.3 Å². The van der Waals surface area contributed by atoms with Crippen LogP contribution >= 0.6 is 11.6 Å². The van der Waals surface area contributed by atoms with Crippen LogP contribution in [0.4, 0.5) is 5.69 Å². The molecule has 9 heteroatoms. The molecule has 1 saturated carbocycles. The molecule has 2 fully saturated rings.